The fourth-order valence-corrected chi connectivity index (χ4v) is 4.74. The number of nitrogens with one attached hydrogen (secondary N) is 1. The summed E-state index contributed by atoms with van der Waals surface area (Å²) in [6.45, 7) is 1.67. The Labute approximate surface area is 166 Å². The average molecular weight is 383 g/mol. The van der Waals surface area contributed by atoms with E-state index in [1.54, 1.807) is 4.90 Å². The summed E-state index contributed by atoms with van der Waals surface area (Å²) in [5, 5.41) is 3.18. The molecule has 2 aliphatic heterocycles. The maximum Gasteiger partial charge on any atom is 0.228 e. The van der Waals surface area contributed by atoms with Gasteiger partial charge in [0.25, 0.3) is 0 Å². The molecule has 6 heteroatoms. The van der Waals surface area contributed by atoms with Crippen LogP contribution in [0.2, 0.25) is 0 Å². The van der Waals surface area contributed by atoms with Crippen molar-refractivity contribution in [1.82, 2.24) is 10.2 Å². The number of likely N-dealkylation sites (tertiary alicyclic amines) is 1. The van der Waals surface area contributed by atoms with Crippen molar-refractivity contribution in [2.75, 3.05) is 24.5 Å². The first-order valence-electron chi connectivity index (χ1n) is 10.6. The number of carbonyl (C=O) groups excluding carboxylic acids is 3. The Hall–Kier alpha value is -2.37. The van der Waals surface area contributed by atoms with Gasteiger partial charge < -0.3 is 15.1 Å². The first-order valence-corrected chi connectivity index (χ1v) is 10.6. The third kappa shape index (κ3) is 4.05. The number of hydrogen-bond donors (Lipinski definition) is 1. The highest BCUT2D eigenvalue weighted by atomic mass is 16.2. The predicted octanol–water partition coefficient (Wildman–Crippen LogP) is 2.34. The average Bonchev–Trinajstić information content (AvgIpc) is 3.38. The van der Waals surface area contributed by atoms with Gasteiger partial charge in [-0.2, -0.15) is 0 Å². The van der Waals surface area contributed by atoms with Crippen molar-refractivity contribution < 1.29 is 14.4 Å². The van der Waals surface area contributed by atoms with Gasteiger partial charge in [0.15, 0.2) is 0 Å². The summed E-state index contributed by atoms with van der Waals surface area (Å²) in [5.74, 6) is -0.0469. The van der Waals surface area contributed by atoms with Crippen LogP contribution in [0.15, 0.2) is 30.3 Å². The lowest BCUT2D eigenvalue weighted by Gasteiger charge is -2.33. The molecule has 0 radical (unpaired) electrons. The lowest BCUT2D eigenvalue weighted by Crippen LogP contribution is -2.46. The minimum atomic E-state index is -0.281. The quantitative estimate of drug-likeness (QED) is 0.868. The van der Waals surface area contributed by atoms with E-state index in [1.165, 1.54) is 12.8 Å². The summed E-state index contributed by atoms with van der Waals surface area (Å²) >= 11 is 0. The molecule has 0 aromatic heterocycles. The molecule has 4 rings (SSSR count). The Morgan fingerprint density at radius 1 is 0.929 bits per heavy atom. The molecule has 1 saturated carbocycles. The monoisotopic (exact) mass is 383 g/mol. The topological polar surface area (TPSA) is 69.7 Å². The Morgan fingerprint density at radius 3 is 2.29 bits per heavy atom. The van der Waals surface area contributed by atoms with Crippen LogP contribution < -0.4 is 10.2 Å². The molecule has 1 aromatic carbocycles. The number of hydrogen-bond acceptors (Lipinski definition) is 3. The van der Waals surface area contributed by atoms with Crippen molar-refractivity contribution in [3.8, 4) is 0 Å². The summed E-state index contributed by atoms with van der Waals surface area (Å²) in [6, 6.07) is 9.87. The van der Waals surface area contributed by atoms with Crippen LogP contribution >= 0.6 is 0 Å². The third-order valence-electron chi connectivity index (χ3n) is 6.42. The molecule has 1 aromatic rings. The standard InChI is InChI=1S/C22H29N3O3/c26-20-14-17(15-25(20)19-8-2-1-3-9-19)22(28)24-12-10-16(11-13-24)21(27)23-18-6-4-5-7-18/h1-3,8-9,16-18H,4-7,10-15H2,(H,23,27)/t17-/m1/s1. The molecular weight excluding hydrogens is 354 g/mol. The van der Waals surface area contributed by atoms with E-state index in [1.807, 2.05) is 35.2 Å². The van der Waals surface area contributed by atoms with E-state index in [2.05, 4.69) is 5.32 Å². The Morgan fingerprint density at radius 2 is 1.61 bits per heavy atom. The highest BCUT2D eigenvalue weighted by molar-refractivity contribution is 6.00. The number of nitrogens with zero attached hydrogens (tertiary/aromatic N) is 2. The highest BCUT2D eigenvalue weighted by Gasteiger charge is 2.38. The lowest BCUT2D eigenvalue weighted by molar-refractivity contribution is -0.139. The van der Waals surface area contributed by atoms with Gasteiger partial charge in [-0.25, -0.2) is 0 Å². The van der Waals surface area contributed by atoms with Crippen molar-refractivity contribution >= 4 is 23.4 Å². The Bertz CT molecular complexity index is 722. The van der Waals surface area contributed by atoms with Crippen LogP contribution in [-0.2, 0) is 14.4 Å². The molecule has 0 unspecified atom stereocenters. The van der Waals surface area contributed by atoms with Gasteiger partial charge in [0.1, 0.15) is 0 Å². The number of amides is 3. The smallest absolute Gasteiger partial charge is 0.228 e. The molecule has 2 heterocycles. The van der Waals surface area contributed by atoms with Crippen LogP contribution in [0.5, 0.6) is 0 Å². The van der Waals surface area contributed by atoms with E-state index in [0.29, 0.717) is 38.5 Å². The molecule has 0 spiro atoms. The Balaban J connectivity index is 1.28. The third-order valence-corrected chi connectivity index (χ3v) is 6.42. The second-order valence-electron chi connectivity index (χ2n) is 8.33. The van der Waals surface area contributed by atoms with Crippen molar-refractivity contribution in [2.24, 2.45) is 11.8 Å². The molecular formula is C22H29N3O3. The second kappa shape index (κ2) is 8.33. The summed E-state index contributed by atoms with van der Waals surface area (Å²) < 4.78 is 0. The fraction of sp³-hybridized carbons (Fsp3) is 0.591. The molecule has 6 nitrogen and oxygen atoms in total. The second-order valence-corrected chi connectivity index (χ2v) is 8.33. The molecule has 3 fully saturated rings. The van der Waals surface area contributed by atoms with Crippen LogP contribution in [0.25, 0.3) is 0 Å². The van der Waals surface area contributed by atoms with Crippen LogP contribution in [-0.4, -0.2) is 48.3 Å². The molecule has 28 heavy (non-hydrogen) atoms. The van der Waals surface area contributed by atoms with Gasteiger partial charge in [0, 0.05) is 43.7 Å². The molecule has 1 atom stereocenters. The number of para-hydroxylation sites is 1. The van der Waals surface area contributed by atoms with Gasteiger partial charge in [-0.05, 0) is 37.8 Å². The number of piperidine rings is 1. The zero-order chi connectivity index (χ0) is 19.5. The van der Waals surface area contributed by atoms with Crippen LogP contribution in [0.3, 0.4) is 0 Å². The first kappa shape index (κ1) is 19.0. The van der Waals surface area contributed by atoms with Crippen molar-refractivity contribution in [2.45, 2.75) is 51.0 Å². The SMILES string of the molecule is O=C(NC1CCCC1)C1CCN(C(=O)[C@@H]2CC(=O)N(c3ccccc3)C2)CC1. The lowest BCUT2D eigenvalue weighted by atomic mass is 9.94. The van der Waals surface area contributed by atoms with Gasteiger partial charge in [0.2, 0.25) is 17.7 Å². The Kier molecular flexibility index (Phi) is 5.64. The van der Waals surface area contributed by atoms with Crippen LogP contribution in [0.1, 0.15) is 44.9 Å². The number of carbonyl (C=O) groups is 3. The van der Waals surface area contributed by atoms with Crippen LogP contribution in [0, 0.1) is 11.8 Å². The number of anilines is 1. The highest BCUT2D eigenvalue weighted by Crippen LogP contribution is 2.28. The number of rotatable bonds is 4. The summed E-state index contributed by atoms with van der Waals surface area (Å²) in [7, 11) is 0. The summed E-state index contributed by atoms with van der Waals surface area (Å²) in [4.78, 5) is 41.3. The molecule has 0 bridgehead atoms. The largest absolute Gasteiger partial charge is 0.353 e. The van der Waals surface area contributed by atoms with Crippen molar-refractivity contribution in [3.63, 3.8) is 0 Å². The van der Waals surface area contributed by atoms with E-state index < -0.39 is 0 Å². The van der Waals surface area contributed by atoms with Gasteiger partial charge in [0.05, 0.1) is 5.92 Å². The predicted molar refractivity (Wildman–Crippen MR) is 107 cm³/mol. The molecule has 2 saturated heterocycles. The van der Waals surface area contributed by atoms with Crippen molar-refractivity contribution in [3.05, 3.63) is 30.3 Å². The molecule has 1 aliphatic carbocycles. The van der Waals surface area contributed by atoms with E-state index in [9.17, 15) is 14.4 Å². The zero-order valence-electron chi connectivity index (χ0n) is 16.3. The zero-order valence-corrected chi connectivity index (χ0v) is 16.3. The maximum absolute atomic E-state index is 12.9. The van der Waals surface area contributed by atoms with Gasteiger partial charge in [-0.1, -0.05) is 31.0 Å². The minimum Gasteiger partial charge on any atom is -0.353 e. The molecule has 1 N–H and O–H groups in total. The minimum absolute atomic E-state index is 0.00961. The van der Waals surface area contributed by atoms with E-state index in [0.717, 1.165) is 18.5 Å². The summed E-state index contributed by atoms with van der Waals surface area (Å²) in [5.41, 5.74) is 0.852. The fourth-order valence-electron chi connectivity index (χ4n) is 4.74. The van der Waals surface area contributed by atoms with Gasteiger partial charge in [-0.15, -0.1) is 0 Å². The van der Waals surface area contributed by atoms with E-state index in [4.69, 9.17) is 0 Å². The molecule has 150 valence electrons. The molecule has 3 aliphatic rings. The maximum atomic E-state index is 12.9. The van der Waals surface area contributed by atoms with Gasteiger partial charge in [-0.3, -0.25) is 14.4 Å². The van der Waals surface area contributed by atoms with Gasteiger partial charge >= 0.3 is 0 Å². The van der Waals surface area contributed by atoms with Crippen LogP contribution in [0.4, 0.5) is 5.69 Å². The van der Waals surface area contributed by atoms with E-state index >= 15 is 0 Å². The normalized spacial score (nSPS) is 24.0. The summed E-state index contributed by atoms with van der Waals surface area (Å²) in [6.07, 6.45) is 6.31. The van der Waals surface area contributed by atoms with E-state index in [-0.39, 0.29) is 36.0 Å². The van der Waals surface area contributed by atoms with Crippen molar-refractivity contribution in [1.29, 1.82) is 0 Å². The first-order chi connectivity index (χ1) is 13.6. The molecule has 3 amide bonds. The number of benzene rings is 1.